The van der Waals surface area contributed by atoms with E-state index in [1.165, 1.54) is 24.1 Å². The number of hydrogen-bond acceptors (Lipinski definition) is 3. The van der Waals surface area contributed by atoms with Gasteiger partial charge in [0.2, 0.25) is 0 Å². The smallest absolute Gasteiger partial charge is 0.122 e. The summed E-state index contributed by atoms with van der Waals surface area (Å²) < 4.78 is 5.61. The molecule has 1 fully saturated rings. The summed E-state index contributed by atoms with van der Waals surface area (Å²) in [6, 6.07) is 7.07. The third kappa shape index (κ3) is 3.71. The number of benzene rings is 1. The number of nitrogens with one attached hydrogen (secondary N) is 1. The van der Waals surface area contributed by atoms with Gasteiger partial charge in [0.1, 0.15) is 5.75 Å². The number of ether oxygens (including phenoxy) is 1. The summed E-state index contributed by atoms with van der Waals surface area (Å²) in [5.74, 6) is 1.01. The van der Waals surface area contributed by atoms with Gasteiger partial charge in [0, 0.05) is 19.1 Å². The second kappa shape index (κ2) is 6.92. The highest BCUT2D eigenvalue weighted by Crippen LogP contribution is 2.26. The average Bonchev–Trinajstić information content (AvgIpc) is 2.69. The number of hydrogen-bond donors (Lipinski definition) is 1. The summed E-state index contributed by atoms with van der Waals surface area (Å²) in [6.07, 6.45) is 1.24. The van der Waals surface area contributed by atoms with Crippen LogP contribution in [0.5, 0.6) is 5.75 Å². The standard InChI is InChI=1S/C16H26N2O/c1-4-19-16-7-6-15(12-13(16)2)14(3)18-10-5-8-17-9-11-18/h6-7,12,14,17H,4-5,8-11H2,1-3H3. The van der Waals surface area contributed by atoms with Gasteiger partial charge in [-0.25, -0.2) is 0 Å². The topological polar surface area (TPSA) is 24.5 Å². The maximum absolute atomic E-state index is 5.61. The van der Waals surface area contributed by atoms with E-state index in [1.807, 2.05) is 6.92 Å². The molecule has 1 aromatic rings. The molecule has 1 heterocycles. The monoisotopic (exact) mass is 262 g/mol. The summed E-state index contributed by atoms with van der Waals surface area (Å²) in [5, 5.41) is 3.46. The highest BCUT2D eigenvalue weighted by atomic mass is 16.5. The molecule has 1 aromatic carbocycles. The van der Waals surface area contributed by atoms with Gasteiger partial charge in [0.15, 0.2) is 0 Å². The Labute approximate surface area is 116 Å². The molecule has 1 unspecified atom stereocenters. The largest absolute Gasteiger partial charge is 0.494 e. The van der Waals surface area contributed by atoms with E-state index in [9.17, 15) is 0 Å². The van der Waals surface area contributed by atoms with E-state index in [0.29, 0.717) is 6.04 Å². The first kappa shape index (κ1) is 14.4. The van der Waals surface area contributed by atoms with E-state index in [4.69, 9.17) is 4.74 Å². The van der Waals surface area contributed by atoms with E-state index in [0.717, 1.165) is 32.0 Å². The van der Waals surface area contributed by atoms with Gasteiger partial charge >= 0.3 is 0 Å². The second-order valence-corrected chi connectivity index (χ2v) is 5.27. The predicted molar refractivity (Wildman–Crippen MR) is 79.8 cm³/mol. The van der Waals surface area contributed by atoms with Gasteiger partial charge in [0.05, 0.1) is 6.61 Å². The van der Waals surface area contributed by atoms with Gasteiger partial charge in [-0.3, -0.25) is 4.90 Å². The molecular formula is C16H26N2O. The van der Waals surface area contributed by atoms with Gasteiger partial charge < -0.3 is 10.1 Å². The van der Waals surface area contributed by atoms with Gasteiger partial charge in [-0.15, -0.1) is 0 Å². The van der Waals surface area contributed by atoms with Crippen molar-refractivity contribution in [2.24, 2.45) is 0 Å². The molecule has 0 aromatic heterocycles. The SMILES string of the molecule is CCOc1ccc(C(C)N2CCCNCC2)cc1C. The van der Waals surface area contributed by atoms with Gasteiger partial charge in [-0.05, 0) is 57.5 Å². The lowest BCUT2D eigenvalue weighted by molar-refractivity contribution is 0.225. The van der Waals surface area contributed by atoms with Crippen LogP contribution in [0.4, 0.5) is 0 Å². The lowest BCUT2D eigenvalue weighted by Gasteiger charge is -2.28. The van der Waals surface area contributed by atoms with Crippen LogP contribution in [0.1, 0.15) is 37.4 Å². The van der Waals surface area contributed by atoms with Crippen molar-refractivity contribution >= 4 is 0 Å². The average molecular weight is 262 g/mol. The highest BCUT2D eigenvalue weighted by Gasteiger charge is 2.17. The van der Waals surface area contributed by atoms with E-state index >= 15 is 0 Å². The Morgan fingerprint density at radius 1 is 1.32 bits per heavy atom. The van der Waals surface area contributed by atoms with Crippen LogP contribution >= 0.6 is 0 Å². The van der Waals surface area contributed by atoms with Crippen molar-refractivity contribution in [1.29, 1.82) is 0 Å². The molecule has 0 saturated carbocycles. The maximum Gasteiger partial charge on any atom is 0.122 e. The van der Waals surface area contributed by atoms with Crippen LogP contribution in [0.3, 0.4) is 0 Å². The second-order valence-electron chi connectivity index (χ2n) is 5.27. The molecular weight excluding hydrogens is 236 g/mol. The van der Waals surface area contributed by atoms with Crippen LogP contribution in [-0.4, -0.2) is 37.7 Å². The van der Waals surface area contributed by atoms with Crippen molar-refractivity contribution in [1.82, 2.24) is 10.2 Å². The first-order chi connectivity index (χ1) is 9.22. The van der Waals surface area contributed by atoms with Crippen LogP contribution < -0.4 is 10.1 Å². The Balaban J connectivity index is 2.09. The number of aryl methyl sites for hydroxylation is 1. The molecule has 3 nitrogen and oxygen atoms in total. The Kier molecular flexibility index (Phi) is 5.23. The lowest BCUT2D eigenvalue weighted by Crippen LogP contribution is -2.30. The molecule has 106 valence electrons. The number of nitrogens with zero attached hydrogens (tertiary/aromatic N) is 1. The highest BCUT2D eigenvalue weighted by molar-refractivity contribution is 5.37. The summed E-state index contributed by atoms with van der Waals surface area (Å²) in [7, 11) is 0. The molecule has 1 N–H and O–H groups in total. The van der Waals surface area contributed by atoms with Crippen molar-refractivity contribution < 1.29 is 4.74 Å². The lowest BCUT2D eigenvalue weighted by atomic mass is 10.0. The van der Waals surface area contributed by atoms with Crippen LogP contribution in [0.15, 0.2) is 18.2 Å². The Hall–Kier alpha value is -1.06. The van der Waals surface area contributed by atoms with E-state index in [2.05, 4.69) is 42.3 Å². The van der Waals surface area contributed by atoms with Crippen LogP contribution in [-0.2, 0) is 0 Å². The Bertz CT molecular complexity index is 398. The fourth-order valence-electron chi connectivity index (χ4n) is 2.71. The molecule has 1 saturated heterocycles. The summed E-state index contributed by atoms with van der Waals surface area (Å²) >= 11 is 0. The van der Waals surface area contributed by atoms with E-state index in [1.54, 1.807) is 0 Å². The molecule has 0 bridgehead atoms. The van der Waals surface area contributed by atoms with E-state index in [-0.39, 0.29) is 0 Å². The Morgan fingerprint density at radius 3 is 2.89 bits per heavy atom. The normalized spacial score (nSPS) is 18.9. The molecule has 0 amide bonds. The molecule has 0 aliphatic carbocycles. The molecule has 19 heavy (non-hydrogen) atoms. The molecule has 3 heteroatoms. The fourth-order valence-corrected chi connectivity index (χ4v) is 2.71. The first-order valence-corrected chi connectivity index (χ1v) is 7.40. The molecule has 1 atom stereocenters. The maximum atomic E-state index is 5.61. The van der Waals surface area contributed by atoms with E-state index < -0.39 is 0 Å². The van der Waals surface area contributed by atoms with Crippen molar-refractivity contribution in [3.8, 4) is 5.75 Å². The third-order valence-electron chi connectivity index (χ3n) is 3.90. The van der Waals surface area contributed by atoms with Crippen molar-refractivity contribution in [2.45, 2.75) is 33.2 Å². The minimum Gasteiger partial charge on any atom is -0.494 e. The third-order valence-corrected chi connectivity index (χ3v) is 3.90. The summed E-state index contributed by atoms with van der Waals surface area (Å²) in [5.41, 5.74) is 2.63. The Morgan fingerprint density at radius 2 is 2.16 bits per heavy atom. The zero-order valence-corrected chi connectivity index (χ0v) is 12.4. The minimum absolute atomic E-state index is 0.481. The zero-order valence-electron chi connectivity index (χ0n) is 12.4. The summed E-state index contributed by atoms with van der Waals surface area (Å²) in [4.78, 5) is 2.56. The number of rotatable bonds is 4. The fraction of sp³-hybridized carbons (Fsp3) is 0.625. The molecule has 0 spiro atoms. The quantitative estimate of drug-likeness (QED) is 0.903. The van der Waals surface area contributed by atoms with Crippen LogP contribution in [0, 0.1) is 6.92 Å². The van der Waals surface area contributed by atoms with Crippen LogP contribution in [0.25, 0.3) is 0 Å². The molecule has 2 rings (SSSR count). The summed E-state index contributed by atoms with van der Waals surface area (Å²) in [6.45, 7) is 11.7. The van der Waals surface area contributed by atoms with Gasteiger partial charge in [0.25, 0.3) is 0 Å². The van der Waals surface area contributed by atoms with Crippen molar-refractivity contribution in [2.75, 3.05) is 32.8 Å². The molecule has 1 aliphatic heterocycles. The first-order valence-electron chi connectivity index (χ1n) is 7.40. The molecule has 0 radical (unpaired) electrons. The van der Waals surface area contributed by atoms with Gasteiger partial charge in [-0.1, -0.05) is 12.1 Å². The van der Waals surface area contributed by atoms with Crippen molar-refractivity contribution in [3.05, 3.63) is 29.3 Å². The minimum atomic E-state index is 0.481. The zero-order chi connectivity index (χ0) is 13.7. The van der Waals surface area contributed by atoms with Gasteiger partial charge in [-0.2, -0.15) is 0 Å². The van der Waals surface area contributed by atoms with Crippen LogP contribution in [0.2, 0.25) is 0 Å². The van der Waals surface area contributed by atoms with Crippen molar-refractivity contribution in [3.63, 3.8) is 0 Å². The molecule has 1 aliphatic rings. The predicted octanol–water partition coefficient (Wildman–Crippen LogP) is 2.75.